The van der Waals surface area contributed by atoms with E-state index in [-0.39, 0.29) is 0 Å². The predicted molar refractivity (Wildman–Crippen MR) is 78.6 cm³/mol. The fraction of sp³-hybridized carbons (Fsp3) is 0.118. The summed E-state index contributed by atoms with van der Waals surface area (Å²) in [6.45, 7) is 2.45. The third kappa shape index (κ3) is 3.99. The van der Waals surface area contributed by atoms with E-state index in [1.54, 1.807) is 6.08 Å². The first kappa shape index (κ1) is 13.9. The van der Waals surface area contributed by atoms with Gasteiger partial charge >= 0.3 is 5.97 Å². The van der Waals surface area contributed by atoms with Gasteiger partial charge in [0.1, 0.15) is 12.4 Å². The van der Waals surface area contributed by atoms with E-state index in [4.69, 9.17) is 9.84 Å². The second-order valence-electron chi connectivity index (χ2n) is 4.46. The molecule has 1 N–H and O–H groups in total. The van der Waals surface area contributed by atoms with Crippen LogP contribution >= 0.6 is 0 Å². The Morgan fingerprint density at radius 1 is 1.20 bits per heavy atom. The van der Waals surface area contributed by atoms with Crippen LogP contribution in [0.4, 0.5) is 0 Å². The summed E-state index contributed by atoms with van der Waals surface area (Å²) in [5.74, 6) is -0.173. The van der Waals surface area contributed by atoms with Crippen LogP contribution in [0.25, 0.3) is 6.08 Å². The molecule has 0 fully saturated rings. The van der Waals surface area contributed by atoms with E-state index in [1.807, 2.05) is 55.5 Å². The quantitative estimate of drug-likeness (QED) is 0.841. The van der Waals surface area contributed by atoms with Crippen LogP contribution in [0.2, 0.25) is 0 Å². The highest BCUT2D eigenvalue weighted by atomic mass is 16.5. The van der Waals surface area contributed by atoms with Gasteiger partial charge in [0.15, 0.2) is 0 Å². The maximum Gasteiger partial charge on any atom is 0.328 e. The first-order valence-corrected chi connectivity index (χ1v) is 6.33. The van der Waals surface area contributed by atoms with Gasteiger partial charge in [0.25, 0.3) is 0 Å². The minimum Gasteiger partial charge on any atom is -0.489 e. The number of hydrogen-bond acceptors (Lipinski definition) is 2. The average Bonchev–Trinajstić information content (AvgIpc) is 2.45. The van der Waals surface area contributed by atoms with Crippen LogP contribution in [0, 0.1) is 6.92 Å². The van der Waals surface area contributed by atoms with Crippen molar-refractivity contribution >= 4 is 12.0 Å². The smallest absolute Gasteiger partial charge is 0.328 e. The second-order valence-corrected chi connectivity index (χ2v) is 4.46. The van der Waals surface area contributed by atoms with E-state index < -0.39 is 5.97 Å². The molecule has 20 heavy (non-hydrogen) atoms. The van der Waals surface area contributed by atoms with Gasteiger partial charge in [-0.15, -0.1) is 0 Å². The topological polar surface area (TPSA) is 46.5 Å². The Kier molecular flexibility index (Phi) is 4.56. The van der Waals surface area contributed by atoms with Crippen molar-refractivity contribution in [1.29, 1.82) is 0 Å². The number of benzene rings is 2. The van der Waals surface area contributed by atoms with Crippen LogP contribution in [0.1, 0.15) is 16.7 Å². The van der Waals surface area contributed by atoms with Crippen LogP contribution in [0.15, 0.2) is 54.6 Å². The van der Waals surface area contributed by atoms with Crippen LogP contribution in [0.3, 0.4) is 0 Å². The molecule has 0 amide bonds. The van der Waals surface area contributed by atoms with Crippen molar-refractivity contribution in [1.82, 2.24) is 0 Å². The molecule has 0 aromatic heterocycles. The third-order valence-corrected chi connectivity index (χ3v) is 2.90. The summed E-state index contributed by atoms with van der Waals surface area (Å²) in [6, 6.07) is 15.6. The summed E-state index contributed by atoms with van der Waals surface area (Å²) in [7, 11) is 0. The highest BCUT2D eigenvalue weighted by Crippen LogP contribution is 2.19. The summed E-state index contributed by atoms with van der Waals surface area (Å²) < 4.78 is 5.71. The molecule has 0 aliphatic rings. The zero-order valence-corrected chi connectivity index (χ0v) is 11.2. The number of aryl methyl sites for hydroxylation is 1. The molecule has 0 saturated heterocycles. The molecule has 0 heterocycles. The summed E-state index contributed by atoms with van der Waals surface area (Å²) in [4.78, 5) is 10.5. The number of aliphatic carboxylic acids is 1. The van der Waals surface area contributed by atoms with E-state index in [9.17, 15) is 4.79 Å². The Balaban J connectivity index is 2.04. The predicted octanol–water partition coefficient (Wildman–Crippen LogP) is 3.67. The third-order valence-electron chi connectivity index (χ3n) is 2.90. The summed E-state index contributed by atoms with van der Waals surface area (Å²) >= 11 is 0. The zero-order chi connectivity index (χ0) is 14.4. The number of rotatable bonds is 5. The van der Waals surface area contributed by atoms with Gasteiger partial charge in [-0.25, -0.2) is 4.79 Å². The second kappa shape index (κ2) is 6.57. The molecule has 0 aliphatic carbocycles. The molecule has 0 saturated carbocycles. The molecule has 0 bridgehead atoms. The van der Waals surface area contributed by atoms with Gasteiger partial charge in [-0.1, -0.05) is 36.4 Å². The Hall–Kier alpha value is -2.55. The molecule has 0 radical (unpaired) electrons. The Morgan fingerprint density at radius 2 is 1.95 bits per heavy atom. The molecule has 2 rings (SSSR count). The number of carbonyl (C=O) groups is 1. The zero-order valence-electron chi connectivity index (χ0n) is 11.2. The maximum absolute atomic E-state index is 10.5. The lowest BCUT2D eigenvalue weighted by Gasteiger charge is -2.08. The number of ether oxygens (including phenoxy) is 1. The van der Waals surface area contributed by atoms with Gasteiger partial charge in [0.2, 0.25) is 0 Å². The van der Waals surface area contributed by atoms with Crippen molar-refractivity contribution in [2.75, 3.05) is 0 Å². The van der Waals surface area contributed by atoms with Crippen molar-refractivity contribution < 1.29 is 14.6 Å². The Morgan fingerprint density at radius 3 is 2.60 bits per heavy atom. The van der Waals surface area contributed by atoms with Gasteiger partial charge in [-0.3, -0.25) is 0 Å². The largest absolute Gasteiger partial charge is 0.489 e. The lowest BCUT2D eigenvalue weighted by Crippen LogP contribution is -1.95. The van der Waals surface area contributed by atoms with Crippen molar-refractivity contribution in [3.8, 4) is 5.75 Å². The van der Waals surface area contributed by atoms with Gasteiger partial charge in [-0.2, -0.15) is 0 Å². The molecular weight excluding hydrogens is 252 g/mol. The molecule has 3 heteroatoms. The molecule has 0 unspecified atom stereocenters. The molecule has 0 atom stereocenters. The van der Waals surface area contributed by atoms with Crippen LogP contribution in [0.5, 0.6) is 5.75 Å². The average molecular weight is 268 g/mol. The van der Waals surface area contributed by atoms with Gasteiger partial charge in [0.05, 0.1) is 0 Å². The molecule has 3 nitrogen and oxygen atoms in total. The maximum atomic E-state index is 10.5. The molecule has 0 aliphatic heterocycles. The summed E-state index contributed by atoms with van der Waals surface area (Å²) in [6.07, 6.45) is 2.71. The van der Waals surface area contributed by atoms with Crippen LogP contribution in [-0.4, -0.2) is 11.1 Å². The van der Waals surface area contributed by atoms with Crippen molar-refractivity contribution in [2.24, 2.45) is 0 Å². The monoisotopic (exact) mass is 268 g/mol. The van der Waals surface area contributed by atoms with Crippen LogP contribution < -0.4 is 4.74 Å². The minimum atomic E-state index is -0.950. The van der Waals surface area contributed by atoms with Crippen molar-refractivity contribution in [2.45, 2.75) is 13.5 Å². The van der Waals surface area contributed by atoms with Gasteiger partial charge in [-0.05, 0) is 41.8 Å². The fourth-order valence-corrected chi connectivity index (χ4v) is 1.83. The van der Waals surface area contributed by atoms with E-state index in [0.717, 1.165) is 28.5 Å². The first-order chi connectivity index (χ1) is 9.65. The number of carboxylic acids is 1. The molecule has 0 spiro atoms. The lowest BCUT2D eigenvalue weighted by atomic mass is 10.1. The Bertz CT molecular complexity index is 615. The first-order valence-electron chi connectivity index (χ1n) is 6.33. The molecule has 2 aromatic rings. The SMILES string of the molecule is Cc1cc(OCc2ccccc2)ccc1C=CC(=O)O. The highest BCUT2D eigenvalue weighted by molar-refractivity contribution is 5.85. The highest BCUT2D eigenvalue weighted by Gasteiger charge is 2.00. The standard InChI is InChI=1S/C17H16O3/c1-13-11-16(9-7-15(13)8-10-17(18)19)20-12-14-5-3-2-4-6-14/h2-11H,12H2,1H3,(H,18,19). The summed E-state index contributed by atoms with van der Waals surface area (Å²) in [5, 5.41) is 8.62. The number of carboxylic acid groups (broad SMARTS) is 1. The number of hydrogen-bond donors (Lipinski definition) is 1. The normalized spacial score (nSPS) is 10.7. The Labute approximate surface area is 118 Å². The van der Waals surface area contributed by atoms with E-state index in [2.05, 4.69) is 0 Å². The molecular formula is C17H16O3. The fourth-order valence-electron chi connectivity index (χ4n) is 1.83. The van der Waals surface area contributed by atoms with Gasteiger partial charge < -0.3 is 9.84 Å². The minimum absolute atomic E-state index is 0.518. The molecule has 102 valence electrons. The van der Waals surface area contributed by atoms with Crippen LogP contribution in [-0.2, 0) is 11.4 Å². The van der Waals surface area contributed by atoms with E-state index >= 15 is 0 Å². The van der Waals surface area contributed by atoms with E-state index in [0.29, 0.717) is 6.61 Å². The van der Waals surface area contributed by atoms with E-state index in [1.165, 1.54) is 0 Å². The summed E-state index contributed by atoms with van der Waals surface area (Å²) in [5.41, 5.74) is 2.97. The van der Waals surface area contributed by atoms with Crippen molar-refractivity contribution in [3.63, 3.8) is 0 Å². The van der Waals surface area contributed by atoms with Gasteiger partial charge in [0, 0.05) is 6.08 Å². The van der Waals surface area contributed by atoms with Crippen molar-refractivity contribution in [3.05, 3.63) is 71.3 Å². The lowest BCUT2D eigenvalue weighted by molar-refractivity contribution is -0.131. The molecule has 2 aromatic carbocycles.